The van der Waals surface area contributed by atoms with Crippen LogP contribution in [0.1, 0.15) is 13.3 Å². The van der Waals surface area contributed by atoms with E-state index in [1.165, 1.54) is 7.11 Å². The summed E-state index contributed by atoms with van der Waals surface area (Å²) < 4.78 is 15.9. The lowest BCUT2D eigenvalue weighted by Crippen LogP contribution is -2.21. The van der Waals surface area contributed by atoms with Crippen LogP contribution in [0.2, 0.25) is 0 Å². The molecule has 4 N–H and O–H groups in total. The Hall–Kier alpha value is -1.48. The topological polar surface area (TPSA) is 115 Å². The molecule has 102 valence electrons. The fraction of sp³-hybridized carbons (Fsp3) is 0.667. The second-order valence-corrected chi connectivity index (χ2v) is 5.28. The average Bonchev–Trinajstić information content (AvgIpc) is 2.35. The van der Waals surface area contributed by atoms with Gasteiger partial charge < -0.3 is 10.1 Å². The highest BCUT2D eigenvalue weighted by molar-refractivity contribution is 7.84. The smallest absolute Gasteiger partial charge is 0.322 e. The number of ether oxygens (including phenoxy) is 1. The van der Waals surface area contributed by atoms with E-state index in [9.17, 15) is 4.21 Å². The van der Waals surface area contributed by atoms with Crippen LogP contribution in [-0.4, -0.2) is 44.3 Å². The number of nitrogens with zero attached hydrogens (tertiary/aromatic N) is 3. The normalized spacial score (nSPS) is 13.8. The van der Waals surface area contributed by atoms with Crippen molar-refractivity contribution in [2.75, 3.05) is 29.9 Å². The van der Waals surface area contributed by atoms with Crippen LogP contribution in [0.5, 0.6) is 6.01 Å². The van der Waals surface area contributed by atoms with Crippen LogP contribution in [-0.2, 0) is 10.8 Å². The highest BCUT2D eigenvalue weighted by atomic mass is 32.2. The SMILES string of the molecule is COc1nc(NN)nc(NC(C)CCS(C)=O)n1. The van der Waals surface area contributed by atoms with E-state index >= 15 is 0 Å². The molecule has 0 radical (unpaired) electrons. The summed E-state index contributed by atoms with van der Waals surface area (Å²) in [5.74, 6) is 6.45. The van der Waals surface area contributed by atoms with Crippen molar-refractivity contribution in [3.05, 3.63) is 0 Å². The first-order valence-corrected chi connectivity index (χ1v) is 7.11. The minimum absolute atomic E-state index is 0.0895. The Morgan fingerprint density at radius 2 is 2.06 bits per heavy atom. The third-order valence-corrected chi connectivity index (χ3v) is 2.95. The molecule has 0 aliphatic heterocycles. The van der Waals surface area contributed by atoms with Gasteiger partial charge in [-0.3, -0.25) is 9.63 Å². The van der Waals surface area contributed by atoms with Gasteiger partial charge >= 0.3 is 6.01 Å². The van der Waals surface area contributed by atoms with Gasteiger partial charge in [0.05, 0.1) is 7.11 Å². The maximum atomic E-state index is 11.0. The van der Waals surface area contributed by atoms with Gasteiger partial charge in [0.15, 0.2) is 0 Å². The summed E-state index contributed by atoms with van der Waals surface area (Å²) in [5.41, 5.74) is 2.33. The maximum Gasteiger partial charge on any atom is 0.322 e. The number of rotatable bonds is 7. The van der Waals surface area contributed by atoms with Crippen molar-refractivity contribution in [2.24, 2.45) is 5.84 Å². The van der Waals surface area contributed by atoms with Gasteiger partial charge in [0.25, 0.3) is 0 Å². The predicted molar refractivity (Wildman–Crippen MR) is 70.8 cm³/mol. The molecule has 0 aliphatic carbocycles. The summed E-state index contributed by atoms with van der Waals surface area (Å²) in [6, 6.07) is 0.262. The molecule has 0 spiro atoms. The van der Waals surface area contributed by atoms with E-state index in [0.717, 1.165) is 6.42 Å². The fourth-order valence-corrected chi connectivity index (χ4v) is 1.90. The minimum atomic E-state index is -0.806. The van der Waals surface area contributed by atoms with Crippen LogP contribution in [0.15, 0.2) is 0 Å². The van der Waals surface area contributed by atoms with Crippen LogP contribution in [0.25, 0.3) is 0 Å². The second kappa shape index (κ2) is 7.07. The van der Waals surface area contributed by atoms with Crippen molar-refractivity contribution >= 4 is 22.7 Å². The van der Waals surface area contributed by atoms with E-state index in [4.69, 9.17) is 10.6 Å². The van der Waals surface area contributed by atoms with Crippen LogP contribution >= 0.6 is 0 Å². The zero-order valence-corrected chi connectivity index (χ0v) is 11.5. The van der Waals surface area contributed by atoms with E-state index < -0.39 is 10.8 Å². The Labute approximate surface area is 108 Å². The lowest BCUT2D eigenvalue weighted by Gasteiger charge is -2.13. The largest absolute Gasteiger partial charge is 0.467 e. The standard InChI is InChI=1S/C9H18N6O2S/c1-6(4-5-18(3)16)11-7-12-8(15-10)14-9(13-7)17-2/h6H,4-5,10H2,1-3H3,(H2,11,12,13,14,15). The van der Waals surface area contributed by atoms with Crippen molar-refractivity contribution in [1.82, 2.24) is 15.0 Å². The summed E-state index contributed by atoms with van der Waals surface area (Å²) in [5, 5.41) is 3.07. The molecule has 2 unspecified atom stereocenters. The Bertz CT molecular complexity index is 394. The second-order valence-electron chi connectivity index (χ2n) is 3.73. The molecule has 18 heavy (non-hydrogen) atoms. The van der Waals surface area contributed by atoms with Gasteiger partial charge in [-0.25, -0.2) is 5.84 Å². The molecular weight excluding hydrogens is 256 g/mol. The molecule has 1 aromatic rings. The first-order chi connectivity index (χ1) is 8.55. The Morgan fingerprint density at radius 1 is 1.39 bits per heavy atom. The lowest BCUT2D eigenvalue weighted by molar-refractivity contribution is 0.379. The minimum Gasteiger partial charge on any atom is -0.467 e. The molecular formula is C9H18N6O2S. The highest BCUT2D eigenvalue weighted by Gasteiger charge is 2.09. The van der Waals surface area contributed by atoms with Crippen LogP contribution in [0.3, 0.4) is 0 Å². The van der Waals surface area contributed by atoms with E-state index in [-0.39, 0.29) is 18.0 Å². The molecule has 0 saturated carbocycles. The van der Waals surface area contributed by atoms with Crippen LogP contribution < -0.4 is 21.3 Å². The number of aromatic nitrogens is 3. The molecule has 1 rings (SSSR count). The number of nitrogens with one attached hydrogen (secondary N) is 2. The Balaban J connectivity index is 2.67. The zero-order valence-electron chi connectivity index (χ0n) is 10.6. The number of hydrogen-bond acceptors (Lipinski definition) is 8. The monoisotopic (exact) mass is 274 g/mol. The van der Waals surface area contributed by atoms with E-state index in [1.54, 1.807) is 6.26 Å². The molecule has 0 aromatic carbocycles. The van der Waals surface area contributed by atoms with Gasteiger partial charge in [-0.1, -0.05) is 0 Å². The van der Waals surface area contributed by atoms with Crippen LogP contribution in [0, 0.1) is 0 Å². The molecule has 0 amide bonds. The summed E-state index contributed by atoms with van der Waals surface area (Å²) >= 11 is 0. The molecule has 0 bridgehead atoms. The number of nitrogen functional groups attached to an aromatic ring is 1. The van der Waals surface area contributed by atoms with Crippen molar-refractivity contribution in [2.45, 2.75) is 19.4 Å². The molecule has 9 heteroatoms. The third-order valence-electron chi connectivity index (χ3n) is 2.14. The summed E-state index contributed by atoms with van der Waals surface area (Å²) in [4.78, 5) is 12.0. The van der Waals surface area contributed by atoms with Crippen LogP contribution in [0.4, 0.5) is 11.9 Å². The highest BCUT2D eigenvalue weighted by Crippen LogP contribution is 2.11. The third kappa shape index (κ3) is 4.80. The van der Waals surface area contributed by atoms with E-state index in [1.807, 2.05) is 6.92 Å². The molecule has 0 saturated heterocycles. The van der Waals surface area contributed by atoms with Gasteiger partial charge in [0.1, 0.15) is 0 Å². The molecule has 1 heterocycles. The number of methoxy groups -OCH3 is 1. The molecule has 8 nitrogen and oxygen atoms in total. The van der Waals surface area contributed by atoms with Gasteiger partial charge in [-0.05, 0) is 13.3 Å². The van der Waals surface area contributed by atoms with Crippen molar-refractivity contribution in [3.8, 4) is 6.01 Å². The van der Waals surface area contributed by atoms with Gasteiger partial charge in [-0.2, -0.15) is 15.0 Å². The lowest BCUT2D eigenvalue weighted by atomic mass is 10.3. The van der Waals surface area contributed by atoms with E-state index in [2.05, 4.69) is 25.7 Å². The predicted octanol–water partition coefficient (Wildman–Crippen LogP) is -0.265. The first-order valence-electron chi connectivity index (χ1n) is 5.38. The summed E-state index contributed by atoms with van der Waals surface area (Å²) in [6.07, 6.45) is 2.43. The van der Waals surface area contributed by atoms with Crippen molar-refractivity contribution in [1.29, 1.82) is 0 Å². The van der Waals surface area contributed by atoms with Gasteiger partial charge in [-0.15, -0.1) is 0 Å². The van der Waals surface area contributed by atoms with E-state index in [0.29, 0.717) is 11.7 Å². The van der Waals surface area contributed by atoms with Gasteiger partial charge in [0, 0.05) is 28.9 Å². The average molecular weight is 274 g/mol. The first kappa shape index (κ1) is 14.6. The number of anilines is 2. The molecule has 1 aromatic heterocycles. The quantitative estimate of drug-likeness (QED) is 0.460. The van der Waals surface area contributed by atoms with Gasteiger partial charge in [0.2, 0.25) is 11.9 Å². The molecule has 2 atom stereocenters. The maximum absolute atomic E-state index is 11.0. The Kier molecular flexibility index (Phi) is 5.72. The molecule has 0 fully saturated rings. The van der Waals surface area contributed by atoms with Crippen molar-refractivity contribution < 1.29 is 8.95 Å². The summed E-state index contributed by atoms with van der Waals surface area (Å²) in [6.45, 7) is 1.96. The molecule has 0 aliphatic rings. The Morgan fingerprint density at radius 3 is 2.61 bits per heavy atom. The number of nitrogens with two attached hydrogens (primary N) is 1. The van der Waals surface area contributed by atoms with Crippen molar-refractivity contribution in [3.63, 3.8) is 0 Å². The fourth-order valence-electron chi connectivity index (χ4n) is 1.21. The number of hydrogen-bond donors (Lipinski definition) is 3. The zero-order chi connectivity index (χ0) is 13.5. The summed E-state index contributed by atoms with van der Waals surface area (Å²) in [7, 11) is 0.655. The number of hydrazine groups is 1.